The molecule has 1 fully saturated rings. The van der Waals surface area contributed by atoms with Gasteiger partial charge in [0.1, 0.15) is 10.7 Å². The van der Waals surface area contributed by atoms with Gasteiger partial charge in [-0.1, -0.05) is 42.5 Å². The fourth-order valence-electron chi connectivity index (χ4n) is 3.50. The number of carbonyl (C=O) groups is 1. The topological polar surface area (TPSA) is 36.4 Å². The van der Waals surface area contributed by atoms with Crippen LogP contribution in [0.2, 0.25) is 0 Å². The molecule has 1 saturated heterocycles. The molecule has 4 rings (SSSR count). The van der Waals surface area contributed by atoms with E-state index in [-0.39, 0.29) is 11.7 Å². The van der Waals surface area contributed by atoms with Gasteiger partial charge in [-0.3, -0.25) is 4.79 Å². The minimum atomic E-state index is -0.217. The molecule has 2 aromatic carbocycles. The Morgan fingerprint density at radius 2 is 1.71 bits per heavy atom. The summed E-state index contributed by atoms with van der Waals surface area (Å²) in [6.45, 7) is 4.31. The highest BCUT2D eigenvalue weighted by Crippen LogP contribution is 2.25. The molecule has 3 aromatic rings. The Balaban J connectivity index is 1.42. The van der Waals surface area contributed by atoms with Crippen molar-refractivity contribution in [3.8, 4) is 0 Å². The predicted molar refractivity (Wildman–Crippen MR) is 111 cm³/mol. The molecule has 2 heterocycles. The van der Waals surface area contributed by atoms with Gasteiger partial charge in [-0.05, 0) is 24.6 Å². The molecule has 1 aliphatic rings. The molecule has 1 amide bonds. The number of piperazine rings is 1. The van der Waals surface area contributed by atoms with Gasteiger partial charge in [-0.2, -0.15) is 0 Å². The molecular weight excluding hydrogens is 373 g/mol. The van der Waals surface area contributed by atoms with E-state index in [1.54, 1.807) is 12.1 Å². The Labute approximate surface area is 168 Å². The summed E-state index contributed by atoms with van der Waals surface area (Å²) in [6.07, 6.45) is 0.737. The van der Waals surface area contributed by atoms with Crippen molar-refractivity contribution < 1.29 is 9.18 Å². The van der Waals surface area contributed by atoms with Crippen LogP contribution in [0, 0.1) is 12.7 Å². The fraction of sp³-hybridized carbons (Fsp3) is 0.273. The molecule has 0 unspecified atom stereocenters. The number of hydrogen-bond donors (Lipinski definition) is 0. The van der Waals surface area contributed by atoms with E-state index in [1.165, 1.54) is 23.0 Å². The third kappa shape index (κ3) is 3.92. The van der Waals surface area contributed by atoms with Crippen molar-refractivity contribution in [2.24, 2.45) is 0 Å². The molecule has 0 N–H and O–H groups in total. The summed E-state index contributed by atoms with van der Waals surface area (Å²) >= 11 is 1.48. The number of rotatable bonds is 4. The van der Waals surface area contributed by atoms with Crippen LogP contribution in [0.5, 0.6) is 0 Å². The van der Waals surface area contributed by atoms with Crippen LogP contribution in [0.15, 0.2) is 54.6 Å². The summed E-state index contributed by atoms with van der Waals surface area (Å²) in [5.74, 6) is -0.186. The molecule has 1 aromatic heterocycles. The smallest absolute Gasteiger partial charge is 0.265 e. The van der Waals surface area contributed by atoms with E-state index in [9.17, 15) is 9.18 Å². The molecule has 1 aliphatic heterocycles. The highest BCUT2D eigenvalue weighted by Gasteiger charge is 2.26. The second kappa shape index (κ2) is 8.10. The van der Waals surface area contributed by atoms with Gasteiger partial charge in [-0.15, -0.1) is 11.3 Å². The van der Waals surface area contributed by atoms with E-state index in [1.807, 2.05) is 41.0 Å². The molecular formula is C22H22FN3OS. The molecule has 0 spiro atoms. The van der Waals surface area contributed by atoms with Gasteiger partial charge in [-0.25, -0.2) is 9.37 Å². The van der Waals surface area contributed by atoms with Crippen molar-refractivity contribution in [3.63, 3.8) is 0 Å². The summed E-state index contributed by atoms with van der Waals surface area (Å²) in [5.41, 5.74) is 2.58. The maximum absolute atomic E-state index is 14.0. The fourth-order valence-corrected chi connectivity index (χ4v) is 4.57. The minimum absolute atomic E-state index is 0.0301. The number of anilines is 1. The second-order valence-corrected chi connectivity index (χ2v) is 8.00. The zero-order chi connectivity index (χ0) is 19.5. The Bertz CT molecular complexity index is 965. The van der Waals surface area contributed by atoms with Gasteiger partial charge in [0.15, 0.2) is 0 Å². The second-order valence-electron chi connectivity index (χ2n) is 6.92. The minimum Gasteiger partial charge on any atom is -0.366 e. The van der Waals surface area contributed by atoms with Gasteiger partial charge in [0.25, 0.3) is 5.91 Å². The van der Waals surface area contributed by atoms with Crippen molar-refractivity contribution in [2.75, 3.05) is 31.1 Å². The first-order valence-corrected chi connectivity index (χ1v) is 10.2. The van der Waals surface area contributed by atoms with Crippen molar-refractivity contribution in [1.29, 1.82) is 0 Å². The molecule has 28 heavy (non-hydrogen) atoms. The van der Waals surface area contributed by atoms with E-state index < -0.39 is 0 Å². The highest BCUT2D eigenvalue weighted by atomic mass is 32.1. The first-order chi connectivity index (χ1) is 13.6. The first-order valence-electron chi connectivity index (χ1n) is 9.41. The van der Waals surface area contributed by atoms with Crippen LogP contribution >= 0.6 is 11.3 Å². The number of thiazole rings is 1. The van der Waals surface area contributed by atoms with Gasteiger partial charge < -0.3 is 9.80 Å². The molecule has 144 valence electrons. The molecule has 0 bridgehead atoms. The van der Waals surface area contributed by atoms with E-state index >= 15 is 0 Å². The zero-order valence-corrected chi connectivity index (χ0v) is 16.6. The average Bonchev–Trinajstić information content (AvgIpc) is 3.09. The molecule has 0 atom stereocenters. The van der Waals surface area contributed by atoms with Crippen LogP contribution in [0.1, 0.15) is 25.9 Å². The Hall–Kier alpha value is -2.73. The van der Waals surface area contributed by atoms with Crippen LogP contribution in [0.25, 0.3) is 0 Å². The van der Waals surface area contributed by atoms with Gasteiger partial charge in [0, 0.05) is 32.6 Å². The summed E-state index contributed by atoms with van der Waals surface area (Å²) < 4.78 is 14.0. The van der Waals surface area contributed by atoms with Crippen LogP contribution in [0.3, 0.4) is 0 Å². The lowest BCUT2D eigenvalue weighted by Crippen LogP contribution is -2.49. The number of amides is 1. The predicted octanol–water partition coefficient (Wildman–Crippen LogP) is 4.14. The highest BCUT2D eigenvalue weighted by molar-refractivity contribution is 7.13. The SMILES string of the molecule is Cc1nc(Cc2ccccc2)sc1C(=O)N1CCN(c2ccccc2F)CC1. The number of para-hydroxylation sites is 1. The third-order valence-corrected chi connectivity index (χ3v) is 6.14. The van der Waals surface area contributed by atoms with Crippen molar-refractivity contribution in [1.82, 2.24) is 9.88 Å². The summed E-state index contributed by atoms with van der Waals surface area (Å²) in [4.78, 5) is 22.2. The van der Waals surface area contributed by atoms with Crippen LogP contribution in [-0.4, -0.2) is 42.0 Å². The monoisotopic (exact) mass is 395 g/mol. The quantitative estimate of drug-likeness (QED) is 0.666. The van der Waals surface area contributed by atoms with Gasteiger partial charge >= 0.3 is 0 Å². The number of benzene rings is 2. The van der Waals surface area contributed by atoms with E-state index in [2.05, 4.69) is 17.1 Å². The van der Waals surface area contributed by atoms with E-state index in [0.29, 0.717) is 36.7 Å². The maximum Gasteiger partial charge on any atom is 0.265 e. The number of halogens is 1. The first kappa shape index (κ1) is 18.6. The van der Waals surface area contributed by atoms with Gasteiger partial charge in [0.05, 0.1) is 16.4 Å². The normalized spacial score (nSPS) is 14.4. The van der Waals surface area contributed by atoms with Crippen LogP contribution < -0.4 is 4.90 Å². The number of nitrogens with zero attached hydrogens (tertiary/aromatic N) is 3. The summed E-state index contributed by atoms with van der Waals surface area (Å²) in [7, 11) is 0. The standard InChI is InChI=1S/C22H22FN3OS/c1-16-21(28-20(24-16)15-17-7-3-2-4-8-17)22(27)26-13-11-25(12-14-26)19-10-6-5-9-18(19)23/h2-10H,11-15H2,1H3. The molecule has 6 heteroatoms. The molecule has 4 nitrogen and oxygen atoms in total. The average molecular weight is 396 g/mol. The maximum atomic E-state index is 14.0. The van der Waals surface area contributed by atoms with Crippen LogP contribution in [0.4, 0.5) is 10.1 Å². The summed E-state index contributed by atoms with van der Waals surface area (Å²) in [5, 5.41) is 0.956. The lowest BCUT2D eigenvalue weighted by molar-refractivity contribution is 0.0750. The number of hydrogen-bond acceptors (Lipinski definition) is 4. The largest absolute Gasteiger partial charge is 0.366 e. The third-order valence-electron chi connectivity index (χ3n) is 4.99. The molecule has 0 radical (unpaired) electrons. The lowest BCUT2D eigenvalue weighted by atomic mass is 10.2. The lowest BCUT2D eigenvalue weighted by Gasteiger charge is -2.36. The number of aromatic nitrogens is 1. The Morgan fingerprint density at radius 1 is 1.04 bits per heavy atom. The van der Waals surface area contributed by atoms with E-state index in [0.717, 1.165) is 17.1 Å². The zero-order valence-electron chi connectivity index (χ0n) is 15.8. The number of aryl methyl sites for hydroxylation is 1. The van der Waals surface area contributed by atoms with Crippen molar-refractivity contribution >= 4 is 22.9 Å². The molecule has 0 saturated carbocycles. The Morgan fingerprint density at radius 3 is 2.43 bits per heavy atom. The van der Waals surface area contributed by atoms with Gasteiger partial charge in [0.2, 0.25) is 0 Å². The van der Waals surface area contributed by atoms with Crippen LogP contribution in [-0.2, 0) is 6.42 Å². The Kier molecular flexibility index (Phi) is 5.39. The summed E-state index contributed by atoms with van der Waals surface area (Å²) in [6, 6.07) is 16.9. The van der Waals surface area contributed by atoms with Crippen molar-refractivity contribution in [3.05, 3.63) is 81.6 Å². The number of carbonyl (C=O) groups excluding carboxylic acids is 1. The van der Waals surface area contributed by atoms with Crippen molar-refractivity contribution in [2.45, 2.75) is 13.3 Å². The molecule has 0 aliphatic carbocycles. The van der Waals surface area contributed by atoms with E-state index in [4.69, 9.17) is 0 Å².